The summed E-state index contributed by atoms with van der Waals surface area (Å²) in [6.07, 6.45) is 2.86. The van der Waals surface area contributed by atoms with Gasteiger partial charge in [0.1, 0.15) is 22.9 Å². The molecule has 7 heteroatoms. The van der Waals surface area contributed by atoms with Crippen molar-refractivity contribution in [1.29, 1.82) is 0 Å². The summed E-state index contributed by atoms with van der Waals surface area (Å²) >= 11 is 0. The highest BCUT2D eigenvalue weighted by Crippen LogP contribution is 2.39. The predicted octanol–water partition coefficient (Wildman–Crippen LogP) is 3.72. The van der Waals surface area contributed by atoms with Gasteiger partial charge in [-0.05, 0) is 52.8 Å². The molecule has 122 valence electrons. The molecule has 0 radical (unpaired) electrons. The number of nitrogens with zero attached hydrogens (tertiary/aromatic N) is 2. The second-order valence-corrected chi connectivity index (χ2v) is 6.74. The van der Waals surface area contributed by atoms with Crippen molar-refractivity contribution in [3.8, 4) is 0 Å². The lowest BCUT2D eigenvalue weighted by atomic mass is 9.87. The van der Waals surface area contributed by atoms with Crippen molar-refractivity contribution in [2.45, 2.75) is 45.8 Å². The van der Waals surface area contributed by atoms with Crippen LogP contribution >= 0.6 is 0 Å². The van der Waals surface area contributed by atoms with Gasteiger partial charge in [0.15, 0.2) is 0 Å². The zero-order valence-electron chi connectivity index (χ0n) is 13.9. The number of fused-ring (bicyclic) bond motifs is 1. The van der Waals surface area contributed by atoms with Gasteiger partial charge < -0.3 is 13.7 Å². The summed E-state index contributed by atoms with van der Waals surface area (Å²) in [5.41, 5.74) is -1.46. The van der Waals surface area contributed by atoms with Gasteiger partial charge in [-0.2, -0.15) is 0 Å². The minimum atomic E-state index is -1.12. The molecule has 3 heterocycles. The summed E-state index contributed by atoms with van der Waals surface area (Å²) in [7, 11) is -1.12. The van der Waals surface area contributed by atoms with E-state index in [9.17, 15) is 8.78 Å². The molecule has 0 N–H and O–H groups in total. The van der Waals surface area contributed by atoms with Gasteiger partial charge >= 0.3 is 7.12 Å². The van der Waals surface area contributed by atoms with Crippen molar-refractivity contribution in [1.82, 2.24) is 9.38 Å². The minimum absolute atomic E-state index is 0.216. The molecule has 0 spiro atoms. The fourth-order valence-corrected chi connectivity index (χ4v) is 2.53. The second kappa shape index (κ2) is 5.14. The summed E-state index contributed by atoms with van der Waals surface area (Å²) < 4.78 is 41.5. The highest BCUT2D eigenvalue weighted by Gasteiger charge is 2.53. The molecule has 0 atom stereocenters. The van der Waals surface area contributed by atoms with Crippen molar-refractivity contribution < 1.29 is 18.1 Å². The van der Waals surface area contributed by atoms with Crippen LogP contribution in [0.5, 0.6) is 0 Å². The first kappa shape index (κ1) is 16.1. The molecule has 23 heavy (non-hydrogen) atoms. The highest BCUT2D eigenvalue weighted by atomic mass is 19.1. The molecule has 0 bridgehead atoms. The van der Waals surface area contributed by atoms with E-state index in [-0.39, 0.29) is 11.2 Å². The summed E-state index contributed by atoms with van der Waals surface area (Å²) in [5, 5.41) is 0. The largest absolute Gasteiger partial charge is 0.525 e. The lowest BCUT2D eigenvalue weighted by Gasteiger charge is -2.32. The van der Waals surface area contributed by atoms with Gasteiger partial charge in [0, 0.05) is 6.20 Å². The van der Waals surface area contributed by atoms with Crippen LogP contribution in [-0.4, -0.2) is 27.7 Å². The average molecular weight is 320 g/mol. The molecular weight excluding hydrogens is 301 g/mol. The molecule has 1 fully saturated rings. The van der Waals surface area contributed by atoms with Crippen LogP contribution in [-0.2, 0) is 9.31 Å². The van der Waals surface area contributed by atoms with Crippen LogP contribution in [0, 0.1) is 12.7 Å². The van der Waals surface area contributed by atoms with Crippen molar-refractivity contribution in [3.05, 3.63) is 41.4 Å². The quantitative estimate of drug-likeness (QED) is 0.791. The van der Waals surface area contributed by atoms with E-state index >= 15 is 0 Å². The number of aryl methyl sites for hydroxylation is 1. The maximum Gasteiger partial charge on any atom is 0.525 e. The summed E-state index contributed by atoms with van der Waals surface area (Å²) in [6.45, 7) is 9.11. The normalized spacial score (nSPS) is 20.5. The molecule has 3 rings (SSSR count). The van der Waals surface area contributed by atoms with Crippen LogP contribution in [0.25, 0.3) is 11.6 Å². The van der Waals surface area contributed by atoms with E-state index in [0.29, 0.717) is 5.82 Å². The standard InChI is InChI=1S/C16H19BF2N2O2/c1-10-20-12(14-11(18)7-6-8-21(10)14)9-13(19)17-22-15(2,3)16(4,5)23-17/h6-9H,1-5H3. The molecule has 4 nitrogen and oxygen atoms in total. The number of imidazole rings is 1. The second-order valence-electron chi connectivity index (χ2n) is 6.74. The van der Waals surface area contributed by atoms with Gasteiger partial charge in [-0.1, -0.05) is 0 Å². The van der Waals surface area contributed by atoms with Gasteiger partial charge in [0.2, 0.25) is 0 Å². The van der Waals surface area contributed by atoms with Crippen LogP contribution in [0.15, 0.2) is 24.1 Å². The van der Waals surface area contributed by atoms with Gasteiger partial charge in [-0.3, -0.25) is 0 Å². The molecule has 0 saturated carbocycles. The van der Waals surface area contributed by atoms with Crippen LogP contribution in [0.1, 0.15) is 39.2 Å². The van der Waals surface area contributed by atoms with Crippen molar-refractivity contribution >= 4 is 18.7 Å². The molecular formula is C16H19BF2N2O2. The highest BCUT2D eigenvalue weighted by molar-refractivity contribution is 6.54. The Hall–Kier alpha value is -1.73. The summed E-state index contributed by atoms with van der Waals surface area (Å²) in [6, 6.07) is 2.90. The van der Waals surface area contributed by atoms with Crippen molar-refractivity contribution in [2.75, 3.05) is 0 Å². The van der Waals surface area contributed by atoms with E-state index in [1.807, 2.05) is 27.7 Å². The van der Waals surface area contributed by atoms with E-state index in [4.69, 9.17) is 9.31 Å². The van der Waals surface area contributed by atoms with E-state index in [0.717, 1.165) is 0 Å². The smallest absolute Gasteiger partial charge is 0.398 e. The number of hydrogen-bond acceptors (Lipinski definition) is 3. The summed E-state index contributed by atoms with van der Waals surface area (Å²) in [5.74, 6) is 0.119. The van der Waals surface area contributed by atoms with Crippen LogP contribution in [0.3, 0.4) is 0 Å². The number of hydrogen-bond donors (Lipinski definition) is 0. The van der Waals surface area contributed by atoms with Crippen LogP contribution < -0.4 is 0 Å². The van der Waals surface area contributed by atoms with E-state index in [1.54, 1.807) is 23.6 Å². The first-order valence-corrected chi connectivity index (χ1v) is 7.48. The third-order valence-corrected chi connectivity index (χ3v) is 4.57. The van der Waals surface area contributed by atoms with Crippen molar-refractivity contribution in [2.24, 2.45) is 0 Å². The van der Waals surface area contributed by atoms with E-state index in [2.05, 4.69) is 4.98 Å². The molecule has 0 aliphatic carbocycles. The molecule has 2 aromatic rings. The third-order valence-electron chi connectivity index (χ3n) is 4.57. The van der Waals surface area contributed by atoms with Crippen LogP contribution in [0.2, 0.25) is 0 Å². The Morgan fingerprint density at radius 1 is 1.26 bits per heavy atom. The molecule has 0 aromatic carbocycles. The third kappa shape index (κ3) is 2.58. The Balaban J connectivity index is 2.00. The molecule has 1 aliphatic heterocycles. The molecule has 1 aliphatic rings. The zero-order valence-corrected chi connectivity index (χ0v) is 13.9. The average Bonchev–Trinajstić information content (AvgIpc) is 2.86. The fraction of sp³-hybridized carbons (Fsp3) is 0.438. The molecule has 0 unspecified atom stereocenters. The maximum atomic E-state index is 14.6. The topological polar surface area (TPSA) is 35.8 Å². The number of rotatable bonds is 2. The Morgan fingerprint density at radius 3 is 2.48 bits per heavy atom. The van der Waals surface area contributed by atoms with Gasteiger partial charge in [-0.25, -0.2) is 13.8 Å². The molecule has 2 aromatic heterocycles. The monoisotopic (exact) mass is 320 g/mol. The van der Waals surface area contributed by atoms with E-state index in [1.165, 1.54) is 12.1 Å². The molecule has 1 saturated heterocycles. The maximum absolute atomic E-state index is 14.6. The number of pyridine rings is 1. The van der Waals surface area contributed by atoms with Gasteiger partial charge in [0.25, 0.3) is 0 Å². The molecule has 0 amide bonds. The fourth-order valence-electron chi connectivity index (χ4n) is 2.53. The van der Waals surface area contributed by atoms with Gasteiger partial charge in [-0.15, -0.1) is 0 Å². The SMILES string of the molecule is Cc1nc(C=C(F)B2OC(C)(C)C(C)(C)O2)c2c(F)cccn12. The van der Waals surface area contributed by atoms with Gasteiger partial charge in [0.05, 0.1) is 16.9 Å². The lowest BCUT2D eigenvalue weighted by Crippen LogP contribution is -2.41. The minimum Gasteiger partial charge on any atom is -0.398 e. The Morgan fingerprint density at radius 2 is 1.87 bits per heavy atom. The number of halogens is 2. The van der Waals surface area contributed by atoms with E-state index < -0.39 is 29.9 Å². The van der Waals surface area contributed by atoms with Crippen molar-refractivity contribution in [3.63, 3.8) is 0 Å². The zero-order chi connectivity index (χ0) is 17.0. The summed E-state index contributed by atoms with van der Waals surface area (Å²) in [4.78, 5) is 4.23. The Bertz CT molecular complexity index is 783. The van der Waals surface area contributed by atoms with Crippen LogP contribution in [0.4, 0.5) is 8.78 Å². The first-order chi connectivity index (χ1) is 10.6. The first-order valence-electron chi connectivity index (χ1n) is 7.48. The number of aromatic nitrogens is 2. The lowest BCUT2D eigenvalue weighted by molar-refractivity contribution is 0.00578. The predicted molar refractivity (Wildman–Crippen MR) is 85.1 cm³/mol. The Kier molecular flexibility index (Phi) is 3.61. The Labute approximate surface area is 134 Å².